The highest BCUT2D eigenvalue weighted by Crippen LogP contribution is 2.38. The van der Waals surface area contributed by atoms with E-state index in [1.807, 2.05) is 36.4 Å². The Bertz CT molecular complexity index is 1950. The summed E-state index contributed by atoms with van der Waals surface area (Å²) >= 11 is 14.7. The Balaban J connectivity index is 1.61. The van der Waals surface area contributed by atoms with Gasteiger partial charge in [0, 0.05) is 16.1 Å². The molecule has 0 unspecified atom stereocenters. The summed E-state index contributed by atoms with van der Waals surface area (Å²) < 4.78 is 25.9. The fourth-order valence-electron chi connectivity index (χ4n) is 4.86. The van der Waals surface area contributed by atoms with Crippen molar-refractivity contribution in [3.05, 3.63) is 116 Å². The van der Waals surface area contributed by atoms with Gasteiger partial charge in [-0.05, 0) is 93.7 Å². The zero-order valence-corrected chi connectivity index (χ0v) is 28.9. The van der Waals surface area contributed by atoms with Gasteiger partial charge in [0.05, 0.1) is 45.6 Å². The van der Waals surface area contributed by atoms with Gasteiger partial charge in [-0.1, -0.05) is 41.1 Å². The molecule has 1 aliphatic rings. The van der Waals surface area contributed by atoms with Gasteiger partial charge in [0.2, 0.25) is 0 Å². The normalized spacial score (nSPS) is 14.6. The minimum atomic E-state index is -0.850. The van der Waals surface area contributed by atoms with Crippen molar-refractivity contribution in [3.63, 3.8) is 0 Å². The first-order valence-electron chi connectivity index (χ1n) is 13.4. The van der Waals surface area contributed by atoms with Crippen LogP contribution in [-0.2, 0) is 16.1 Å². The molecule has 1 aliphatic heterocycles. The van der Waals surface area contributed by atoms with Crippen molar-refractivity contribution in [1.82, 2.24) is 4.57 Å². The molecule has 4 aromatic rings. The average molecular weight is 763 g/mol. The van der Waals surface area contributed by atoms with Gasteiger partial charge < -0.3 is 18.9 Å². The summed E-state index contributed by atoms with van der Waals surface area (Å²) in [5.41, 5.74) is 2.57. The van der Waals surface area contributed by atoms with Gasteiger partial charge in [-0.25, -0.2) is 9.79 Å². The van der Waals surface area contributed by atoms with Crippen LogP contribution in [0.2, 0.25) is 5.02 Å². The van der Waals surface area contributed by atoms with E-state index in [9.17, 15) is 9.59 Å². The third kappa shape index (κ3) is 6.37. The lowest BCUT2D eigenvalue weighted by molar-refractivity contribution is -0.139. The molecule has 0 aliphatic carbocycles. The standard InChI is InChI=1S/C32H27Br2ClN2O6S/c1-5-42-31(39)27-17(2)36-32-37(28(27)21-15-20(40-3)10-11-25(21)41-4)30(38)26(44-32)14-18-12-22(33)29(23(34)13-18)43-16-19-8-6-7-9-24(19)35/h6-15,28H,5,16H2,1-4H3/b26-14-/t28-/m1/s1. The lowest BCUT2D eigenvalue weighted by atomic mass is 9.94. The molecule has 44 heavy (non-hydrogen) atoms. The number of fused-ring (bicyclic) bond motifs is 1. The van der Waals surface area contributed by atoms with Crippen molar-refractivity contribution in [1.29, 1.82) is 0 Å². The molecule has 12 heteroatoms. The lowest BCUT2D eigenvalue weighted by Gasteiger charge is -2.26. The smallest absolute Gasteiger partial charge is 0.338 e. The van der Waals surface area contributed by atoms with Crippen LogP contribution in [0.1, 0.15) is 36.6 Å². The number of aromatic nitrogens is 1. The summed E-state index contributed by atoms with van der Waals surface area (Å²) in [7, 11) is 3.08. The molecule has 5 rings (SSSR count). The second-order valence-electron chi connectivity index (χ2n) is 9.60. The molecular weight excluding hydrogens is 736 g/mol. The van der Waals surface area contributed by atoms with Crippen LogP contribution in [-0.4, -0.2) is 31.4 Å². The minimum absolute atomic E-state index is 0.170. The summed E-state index contributed by atoms with van der Waals surface area (Å²) in [6.45, 7) is 3.92. The number of hydrogen-bond acceptors (Lipinski definition) is 8. The third-order valence-electron chi connectivity index (χ3n) is 6.90. The molecule has 0 radical (unpaired) electrons. The van der Waals surface area contributed by atoms with E-state index in [1.165, 1.54) is 23.0 Å². The Morgan fingerprint density at radius 1 is 1.09 bits per heavy atom. The molecule has 0 amide bonds. The number of carbonyl (C=O) groups is 1. The topological polar surface area (TPSA) is 88.4 Å². The van der Waals surface area contributed by atoms with Crippen LogP contribution in [0.15, 0.2) is 84.6 Å². The highest BCUT2D eigenvalue weighted by molar-refractivity contribution is 9.11. The lowest BCUT2D eigenvalue weighted by Crippen LogP contribution is -2.40. The molecule has 1 aromatic heterocycles. The van der Waals surface area contributed by atoms with Crippen LogP contribution in [0.3, 0.4) is 0 Å². The molecule has 8 nitrogen and oxygen atoms in total. The summed E-state index contributed by atoms with van der Waals surface area (Å²) in [6.07, 6.45) is 1.78. The monoisotopic (exact) mass is 760 g/mol. The van der Waals surface area contributed by atoms with E-state index in [-0.39, 0.29) is 24.3 Å². The molecule has 228 valence electrons. The van der Waals surface area contributed by atoms with Gasteiger partial charge >= 0.3 is 5.97 Å². The Labute approximate surface area is 279 Å². The van der Waals surface area contributed by atoms with Crippen LogP contribution < -0.4 is 29.1 Å². The van der Waals surface area contributed by atoms with E-state index in [2.05, 4.69) is 36.9 Å². The molecule has 0 saturated carbocycles. The van der Waals surface area contributed by atoms with Crippen molar-refractivity contribution in [2.75, 3.05) is 20.8 Å². The summed E-state index contributed by atoms with van der Waals surface area (Å²) in [4.78, 5) is 32.5. The Kier molecular flexibility index (Phi) is 9.99. The fourth-order valence-corrected chi connectivity index (χ4v) is 7.54. The van der Waals surface area contributed by atoms with Crippen molar-refractivity contribution in [3.8, 4) is 17.2 Å². The van der Waals surface area contributed by atoms with E-state index in [0.29, 0.717) is 51.8 Å². The molecule has 0 N–H and O–H groups in total. The maximum absolute atomic E-state index is 14.1. The minimum Gasteiger partial charge on any atom is -0.497 e. The number of methoxy groups -OCH3 is 2. The number of allylic oxidation sites excluding steroid dienone is 1. The maximum Gasteiger partial charge on any atom is 0.338 e. The molecular formula is C32H27Br2ClN2O6S. The number of halogens is 3. The first kappa shape index (κ1) is 32.0. The Morgan fingerprint density at radius 3 is 2.48 bits per heavy atom. The highest BCUT2D eigenvalue weighted by Gasteiger charge is 2.35. The largest absolute Gasteiger partial charge is 0.497 e. The highest BCUT2D eigenvalue weighted by atomic mass is 79.9. The number of benzene rings is 3. The van der Waals surface area contributed by atoms with Crippen LogP contribution in [0, 0.1) is 0 Å². The van der Waals surface area contributed by atoms with Gasteiger partial charge in [0.15, 0.2) is 4.80 Å². The number of rotatable bonds is 9. The Hall–Kier alpha value is -3.38. The van der Waals surface area contributed by atoms with Gasteiger partial charge in [0.25, 0.3) is 5.56 Å². The van der Waals surface area contributed by atoms with Crippen LogP contribution in [0.4, 0.5) is 0 Å². The zero-order chi connectivity index (χ0) is 31.5. The van der Waals surface area contributed by atoms with Crippen LogP contribution in [0.25, 0.3) is 6.08 Å². The molecule has 3 aromatic carbocycles. The SMILES string of the molecule is CCOC(=O)C1=C(C)N=c2s/c(=C\c3cc(Br)c(OCc4ccccc4Cl)c(Br)c3)c(=O)n2[C@@H]1c1cc(OC)ccc1OC. The molecule has 0 spiro atoms. The molecule has 1 atom stereocenters. The predicted molar refractivity (Wildman–Crippen MR) is 178 cm³/mol. The summed E-state index contributed by atoms with van der Waals surface area (Å²) in [5, 5.41) is 0.623. The number of thiazole rings is 1. The molecule has 0 fully saturated rings. The van der Waals surface area contributed by atoms with Crippen LogP contribution >= 0.6 is 54.8 Å². The van der Waals surface area contributed by atoms with Crippen molar-refractivity contribution in [2.45, 2.75) is 26.5 Å². The van der Waals surface area contributed by atoms with Gasteiger partial charge in [-0.15, -0.1) is 0 Å². The van der Waals surface area contributed by atoms with E-state index in [0.717, 1.165) is 11.1 Å². The van der Waals surface area contributed by atoms with E-state index in [4.69, 9.17) is 30.5 Å². The van der Waals surface area contributed by atoms with Gasteiger partial charge in [-0.3, -0.25) is 9.36 Å². The molecule has 0 saturated heterocycles. The number of carbonyl (C=O) groups excluding carboxylic acids is 1. The predicted octanol–water partition coefficient (Wildman–Crippen LogP) is 6.57. The zero-order valence-electron chi connectivity index (χ0n) is 24.2. The second kappa shape index (κ2) is 13.7. The molecule has 0 bridgehead atoms. The maximum atomic E-state index is 14.1. The number of ether oxygens (including phenoxy) is 4. The number of nitrogens with zero attached hydrogens (tertiary/aromatic N) is 2. The summed E-state index contributed by atoms with van der Waals surface area (Å²) in [5.74, 6) is 1.08. The third-order valence-corrected chi connectivity index (χ3v) is 9.43. The van der Waals surface area contributed by atoms with Gasteiger partial charge in [-0.2, -0.15) is 0 Å². The molecule has 2 heterocycles. The first-order chi connectivity index (χ1) is 21.2. The number of hydrogen-bond donors (Lipinski definition) is 0. The average Bonchev–Trinajstić information content (AvgIpc) is 3.30. The van der Waals surface area contributed by atoms with Crippen molar-refractivity contribution < 1.29 is 23.7 Å². The Morgan fingerprint density at radius 2 is 1.82 bits per heavy atom. The number of esters is 1. The van der Waals surface area contributed by atoms with Crippen molar-refractivity contribution >= 4 is 66.8 Å². The van der Waals surface area contributed by atoms with E-state index in [1.54, 1.807) is 45.2 Å². The first-order valence-corrected chi connectivity index (χ1v) is 16.2. The quantitative estimate of drug-likeness (QED) is 0.179. The van der Waals surface area contributed by atoms with E-state index >= 15 is 0 Å². The van der Waals surface area contributed by atoms with Crippen molar-refractivity contribution in [2.24, 2.45) is 4.99 Å². The fraction of sp³-hybridized carbons (Fsp3) is 0.219. The van der Waals surface area contributed by atoms with Crippen LogP contribution in [0.5, 0.6) is 17.2 Å². The second-order valence-corrected chi connectivity index (χ2v) is 12.7. The van der Waals surface area contributed by atoms with Gasteiger partial charge in [0.1, 0.15) is 29.9 Å². The van der Waals surface area contributed by atoms with E-state index < -0.39 is 12.0 Å². The summed E-state index contributed by atoms with van der Waals surface area (Å²) in [6, 6.07) is 15.6.